The Morgan fingerprint density at radius 3 is 2.71 bits per heavy atom. The molecule has 4 nitrogen and oxygen atoms in total. The van der Waals surface area contributed by atoms with E-state index in [0.29, 0.717) is 12.5 Å². The highest BCUT2D eigenvalue weighted by atomic mass is 16.3. The molecule has 3 atom stereocenters. The Balaban J connectivity index is 2.14. The van der Waals surface area contributed by atoms with E-state index < -0.39 is 0 Å². The lowest BCUT2D eigenvalue weighted by Crippen LogP contribution is -2.57. The Hall–Kier alpha value is -0.770. The molecule has 1 aliphatic carbocycles. The summed E-state index contributed by atoms with van der Waals surface area (Å²) in [5, 5.41) is 9.87. The highest BCUT2D eigenvalue weighted by molar-refractivity contribution is 5.72. The van der Waals surface area contributed by atoms with Gasteiger partial charge in [-0.1, -0.05) is 6.42 Å². The van der Waals surface area contributed by atoms with Crippen LogP contribution in [0.5, 0.6) is 0 Å². The minimum absolute atomic E-state index is 0.00463. The van der Waals surface area contributed by atoms with E-state index in [0.717, 1.165) is 32.1 Å². The van der Waals surface area contributed by atoms with Crippen molar-refractivity contribution in [1.29, 1.82) is 0 Å². The third-order valence-corrected chi connectivity index (χ3v) is 3.57. The van der Waals surface area contributed by atoms with Gasteiger partial charge >= 0.3 is 6.03 Å². The molecule has 1 saturated heterocycles. The molecule has 1 heterocycles. The second kappa shape index (κ2) is 3.77. The molecule has 14 heavy (non-hydrogen) atoms. The number of amides is 2. The summed E-state index contributed by atoms with van der Waals surface area (Å²) in [7, 11) is 0. The number of piperidine rings is 1. The van der Waals surface area contributed by atoms with Crippen LogP contribution in [0, 0.1) is 5.92 Å². The molecule has 0 unspecified atom stereocenters. The standard InChI is InChI=1S/C10H18N2O2/c11-10(14)12-6-2-4-7-3-1-5-8(13)9(7)12/h7-9,13H,1-6H2,(H2,11,14)/t7-,8+,9+/m0/s1. The number of primary amides is 1. The number of rotatable bonds is 0. The van der Waals surface area contributed by atoms with Crippen LogP contribution in [0.1, 0.15) is 32.1 Å². The van der Waals surface area contributed by atoms with E-state index in [4.69, 9.17) is 5.73 Å². The molecule has 0 aromatic heterocycles. The fourth-order valence-electron chi connectivity index (χ4n) is 2.95. The summed E-state index contributed by atoms with van der Waals surface area (Å²) in [5.74, 6) is 0.472. The molecular weight excluding hydrogens is 180 g/mol. The Bertz CT molecular complexity index is 230. The van der Waals surface area contributed by atoms with Crippen molar-refractivity contribution in [3.8, 4) is 0 Å². The Kier molecular flexibility index (Phi) is 2.63. The summed E-state index contributed by atoms with van der Waals surface area (Å²) >= 11 is 0. The Morgan fingerprint density at radius 1 is 1.29 bits per heavy atom. The quantitative estimate of drug-likeness (QED) is 0.601. The van der Waals surface area contributed by atoms with Crippen LogP contribution in [-0.4, -0.2) is 34.7 Å². The van der Waals surface area contributed by atoms with Gasteiger partial charge in [-0.15, -0.1) is 0 Å². The maximum atomic E-state index is 11.2. The number of nitrogens with zero attached hydrogens (tertiary/aromatic N) is 1. The number of likely N-dealkylation sites (tertiary alicyclic amines) is 1. The lowest BCUT2D eigenvalue weighted by atomic mass is 9.77. The summed E-state index contributed by atoms with van der Waals surface area (Å²) < 4.78 is 0. The number of aliphatic hydroxyl groups is 1. The summed E-state index contributed by atoms with van der Waals surface area (Å²) in [4.78, 5) is 12.9. The van der Waals surface area contributed by atoms with Crippen LogP contribution >= 0.6 is 0 Å². The first kappa shape index (κ1) is 9.77. The molecule has 0 radical (unpaired) electrons. The van der Waals surface area contributed by atoms with E-state index in [9.17, 15) is 9.90 Å². The number of aliphatic hydroxyl groups excluding tert-OH is 1. The van der Waals surface area contributed by atoms with E-state index in [1.165, 1.54) is 0 Å². The molecule has 3 N–H and O–H groups in total. The van der Waals surface area contributed by atoms with E-state index in [1.54, 1.807) is 4.90 Å². The van der Waals surface area contributed by atoms with Crippen LogP contribution < -0.4 is 5.73 Å². The van der Waals surface area contributed by atoms with E-state index in [1.807, 2.05) is 0 Å². The lowest BCUT2D eigenvalue weighted by Gasteiger charge is -2.45. The van der Waals surface area contributed by atoms with Gasteiger partial charge in [-0.3, -0.25) is 0 Å². The first-order valence-corrected chi connectivity index (χ1v) is 5.44. The van der Waals surface area contributed by atoms with Gasteiger partial charge in [0.1, 0.15) is 0 Å². The van der Waals surface area contributed by atoms with Crippen molar-refractivity contribution in [1.82, 2.24) is 4.90 Å². The predicted octanol–water partition coefficient (Wildman–Crippen LogP) is 0.690. The van der Waals surface area contributed by atoms with Gasteiger partial charge in [-0.05, 0) is 31.6 Å². The maximum absolute atomic E-state index is 11.2. The monoisotopic (exact) mass is 198 g/mol. The fraction of sp³-hybridized carbons (Fsp3) is 0.900. The van der Waals surface area contributed by atoms with Gasteiger partial charge in [0.2, 0.25) is 0 Å². The van der Waals surface area contributed by atoms with Gasteiger partial charge in [-0.2, -0.15) is 0 Å². The second-order valence-corrected chi connectivity index (χ2v) is 4.42. The van der Waals surface area contributed by atoms with E-state index in [-0.39, 0.29) is 18.2 Å². The Morgan fingerprint density at radius 2 is 2.00 bits per heavy atom. The zero-order chi connectivity index (χ0) is 10.1. The van der Waals surface area contributed by atoms with Gasteiger partial charge in [-0.25, -0.2) is 4.79 Å². The average Bonchev–Trinajstić information content (AvgIpc) is 2.17. The van der Waals surface area contributed by atoms with Gasteiger partial charge in [0.05, 0.1) is 12.1 Å². The number of carbonyl (C=O) groups excluding carboxylic acids is 1. The molecule has 1 saturated carbocycles. The van der Waals surface area contributed by atoms with E-state index in [2.05, 4.69) is 0 Å². The van der Waals surface area contributed by atoms with Crippen LogP contribution in [0.25, 0.3) is 0 Å². The van der Waals surface area contributed by atoms with Crippen molar-refractivity contribution >= 4 is 6.03 Å². The van der Waals surface area contributed by atoms with Gasteiger partial charge < -0.3 is 15.7 Å². The number of fused-ring (bicyclic) bond motifs is 1. The van der Waals surface area contributed by atoms with Crippen molar-refractivity contribution < 1.29 is 9.90 Å². The third-order valence-electron chi connectivity index (χ3n) is 3.57. The minimum atomic E-state index is -0.374. The molecule has 2 rings (SSSR count). The normalized spacial score (nSPS) is 37.8. The number of carbonyl (C=O) groups is 1. The molecule has 0 aromatic carbocycles. The zero-order valence-electron chi connectivity index (χ0n) is 8.35. The van der Waals surface area contributed by atoms with Crippen molar-refractivity contribution in [2.45, 2.75) is 44.2 Å². The first-order chi connectivity index (χ1) is 6.70. The summed E-state index contributed by atoms with van der Waals surface area (Å²) in [6, 6.07) is -0.379. The number of hydrogen-bond donors (Lipinski definition) is 2. The topological polar surface area (TPSA) is 66.6 Å². The van der Waals surface area contributed by atoms with Crippen molar-refractivity contribution in [2.75, 3.05) is 6.54 Å². The lowest BCUT2D eigenvalue weighted by molar-refractivity contribution is -0.0148. The van der Waals surface area contributed by atoms with Crippen molar-refractivity contribution in [3.63, 3.8) is 0 Å². The molecule has 0 spiro atoms. The SMILES string of the molecule is NC(=O)N1CCC[C@@H]2CCC[C@@H](O)[C@@H]21. The van der Waals surface area contributed by atoms with Crippen LogP contribution in [0.2, 0.25) is 0 Å². The molecule has 0 aromatic rings. The zero-order valence-corrected chi connectivity index (χ0v) is 8.35. The maximum Gasteiger partial charge on any atom is 0.315 e. The number of nitrogens with two attached hydrogens (primary N) is 1. The van der Waals surface area contributed by atoms with Crippen LogP contribution in [0.3, 0.4) is 0 Å². The molecule has 80 valence electrons. The summed E-state index contributed by atoms with van der Waals surface area (Å²) in [6.45, 7) is 0.716. The highest BCUT2D eigenvalue weighted by Gasteiger charge is 2.40. The Labute approximate surface area is 84.1 Å². The van der Waals surface area contributed by atoms with Crippen molar-refractivity contribution in [2.24, 2.45) is 11.7 Å². The second-order valence-electron chi connectivity index (χ2n) is 4.42. The predicted molar refractivity (Wildman–Crippen MR) is 52.7 cm³/mol. The van der Waals surface area contributed by atoms with Crippen LogP contribution in [0.15, 0.2) is 0 Å². The van der Waals surface area contributed by atoms with Gasteiger partial charge in [0, 0.05) is 6.54 Å². The molecular formula is C10H18N2O2. The fourth-order valence-corrected chi connectivity index (χ4v) is 2.95. The molecule has 4 heteroatoms. The third kappa shape index (κ3) is 1.59. The summed E-state index contributed by atoms with van der Waals surface area (Å²) in [5.41, 5.74) is 5.31. The smallest absolute Gasteiger partial charge is 0.315 e. The largest absolute Gasteiger partial charge is 0.391 e. The van der Waals surface area contributed by atoms with Crippen LogP contribution in [-0.2, 0) is 0 Å². The molecule has 0 bridgehead atoms. The molecule has 1 aliphatic heterocycles. The van der Waals surface area contributed by atoms with Gasteiger partial charge in [0.15, 0.2) is 0 Å². The van der Waals surface area contributed by atoms with Crippen LogP contribution in [0.4, 0.5) is 4.79 Å². The van der Waals surface area contributed by atoms with E-state index >= 15 is 0 Å². The van der Waals surface area contributed by atoms with Crippen molar-refractivity contribution in [3.05, 3.63) is 0 Å². The number of hydrogen-bond acceptors (Lipinski definition) is 2. The minimum Gasteiger partial charge on any atom is -0.391 e. The van der Waals surface area contributed by atoms with Gasteiger partial charge in [0.25, 0.3) is 0 Å². The molecule has 2 amide bonds. The number of urea groups is 1. The average molecular weight is 198 g/mol. The summed E-state index contributed by atoms with van der Waals surface area (Å²) in [6.07, 6.45) is 4.81. The first-order valence-electron chi connectivity index (χ1n) is 5.44. The highest BCUT2D eigenvalue weighted by Crippen LogP contribution is 2.35. The molecule has 2 aliphatic rings. The molecule has 2 fully saturated rings.